The van der Waals surface area contributed by atoms with Crippen molar-refractivity contribution in [1.29, 1.82) is 0 Å². The highest BCUT2D eigenvalue weighted by atomic mass is 35.5. The van der Waals surface area contributed by atoms with Crippen molar-refractivity contribution < 1.29 is 4.29 Å². The Labute approximate surface area is 74.9 Å². The lowest BCUT2D eigenvalue weighted by Gasteiger charge is -1.99. The predicted molar refractivity (Wildman–Crippen MR) is 48.2 cm³/mol. The van der Waals surface area contributed by atoms with E-state index < -0.39 is 0 Å². The summed E-state index contributed by atoms with van der Waals surface area (Å²) >= 11 is 5.27. The van der Waals surface area contributed by atoms with Gasteiger partial charge in [-0.15, -0.1) is 0 Å². The van der Waals surface area contributed by atoms with E-state index >= 15 is 0 Å². The Kier molecular flexibility index (Phi) is 1.84. The molecule has 2 rings (SSSR count). The number of hydrogen-bond donors (Lipinski definition) is 0. The van der Waals surface area contributed by atoms with E-state index in [4.69, 9.17) is 11.9 Å². The molecule has 12 heavy (non-hydrogen) atoms. The highest BCUT2D eigenvalue weighted by Gasteiger charge is 2.00. The zero-order valence-electron chi connectivity index (χ0n) is 6.20. The largest absolute Gasteiger partial charge is 0.383 e. The summed E-state index contributed by atoms with van der Waals surface area (Å²) in [4.78, 5) is 4.14. The summed E-state index contributed by atoms with van der Waals surface area (Å²) in [5, 5.41) is 1.02. The minimum absolute atomic E-state index is 0.592. The van der Waals surface area contributed by atoms with Crippen molar-refractivity contribution in [2.45, 2.75) is 0 Å². The molecule has 0 aliphatic rings. The first-order chi connectivity index (χ1) is 5.92. The molecule has 0 fully saturated rings. The lowest BCUT2D eigenvalue weighted by atomic mass is 10.2. The second-order valence-corrected chi connectivity index (χ2v) is 2.56. The molecule has 0 saturated carbocycles. The molecule has 0 aliphatic heterocycles. The van der Waals surface area contributed by atoms with Gasteiger partial charge < -0.3 is 4.29 Å². The van der Waals surface area contributed by atoms with Crippen LogP contribution in [0.5, 0.6) is 5.75 Å². The van der Waals surface area contributed by atoms with E-state index in [0.29, 0.717) is 5.75 Å². The molecular weight excluding hydrogens is 174 g/mol. The van der Waals surface area contributed by atoms with Gasteiger partial charge in [-0.3, -0.25) is 4.98 Å². The van der Waals surface area contributed by atoms with E-state index in [2.05, 4.69) is 9.27 Å². The fourth-order valence-corrected chi connectivity index (χ4v) is 1.26. The van der Waals surface area contributed by atoms with E-state index in [1.54, 1.807) is 12.3 Å². The van der Waals surface area contributed by atoms with E-state index in [-0.39, 0.29) is 0 Å². The van der Waals surface area contributed by atoms with Gasteiger partial charge in [-0.25, -0.2) is 0 Å². The zero-order chi connectivity index (χ0) is 8.39. The molecule has 0 saturated heterocycles. The van der Waals surface area contributed by atoms with E-state index in [9.17, 15) is 0 Å². The van der Waals surface area contributed by atoms with Crippen LogP contribution >= 0.6 is 11.9 Å². The number of fused-ring (bicyclic) bond motifs is 1. The maximum absolute atomic E-state index is 5.27. The number of halogens is 1. The van der Waals surface area contributed by atoms with Gasteiger partial charge in [-0.05, 0) is 12.1 Å². The molecule has 0 unspecified atom stereocenters. The Morgan fingerprint density at radius 2 is 2.00 bits per heavy atom. The standard InChI is InChI=1S/C9H6ClNO/c10-12-8-5-1-3-7-4-2-6-11-9(7)8/h1-6H. The zero-order valence-corrected chi connectivity index (χ0v) is 6.95. The number of pyridine rings is 1. The second-order valence-electron chi connectivity index (χ2n) is 2.41. The highest BCUT2D eigenvalue weighted by molar-refractivity contribution is 6.10. The number of rotatable bonds is 1. The molecule has 2 nitrogen and oxygen atoms in total. The molecule has 0 spiro atoms. The van der Waals surface area contributed by atoms with Crippen molar-refractivity contribution in [2.24, 2.45) is 0 Å². The van der Waals surface area contributed by atoms with Gasteiger partial charge >= 0.3 is 0 Å². The molecule has 3 heteroatoms. The Bertz CT molecular complexity index is 397. The van der Waals surface area contributed by atoms with Gasteiger partial charge in [0, 0.05) is 11.6 Å². The van der Waals surface area contributed by atoms with Gasteiger partial charge in [0.05, 0.1) is 0 Å². The number of para-hydroxylation sites is 1. The van der Waals surface area contributed by atoms with Gasteiger partial charge in [0.2, 0.25) is 0 Å². The monoisotopic (exact) mass is 179 g/mol. The number of hydrogen-bond acceptors (Lipinski definition) is 2. The second kappa shape index (κ2) is 2.99. The average Bonchev–Trinajstić information content (AvgIpc) is 2.17. The summed E-state index contributed by atoms with van der Waals surface area (Å²) in [6.07, 6.45) is 1.71. The molecule has 0 atom stereocenters. The van der Waals surface area contributed by atoms with Crippen molar-refractivity contribution >= 4 is 22.8 Å². The maximum atomic E-state index is 5.27. The third-order valence-electron chi connectivity index (χ3n) is 1.68. The quantitative estimate of drug-likeness (QED) is 0.672. The van der Waals surface area contributed by atoms with Crippen LogP contribution in [0, 0.1) is 0 Å². The van der Waals surface area contributed by atoms with Gasteiger partial charge in [-0.1, -0.05) is 18.2 Å². The fraction of sp³-hybridized carbons (Fsp3) is 0. The summed E-state index contributed by atoms with van der Waals surface area (Å²) in [5.41, 5.74) is 0.787. The van der Waals surface area contributed by atoms with Crippen LogP contribution in [0.3, 0.4) is 0 Å². The molecule has 0 bridgehead atoms. The van der Waals surface area contributed by atoms with Gasteiger partial charge in [-0.2, -0.15) is 0 Å². The minimum Gasteiger partial charge on any atom is -0.383 e. The Balaban J connectivity index is 2.79. The molecule has 0 radical (unpaired) electrons. The summed E-state index contributed by atoms with van der Waals surface area (Å²) < 4.78 is 4.64. The Morgan fingerprint density at radius 1 is 1.17 bits per heavy atom. The third-order valence-corrected chi connectivity index (χ3v) is 1.85. The topological polar surface area (TPSA) is 22.1 Å². The summed E-state index contributed by atoms with van der Waals surface area (Å²) in [6, 6.07) is 9.45. The molecule has 1 aromatic carbocycles. The number of aromatic nitrogens is 1. The van der Waals surface area contributed by atoms with Gasteiger partial charge in [0.15, 0.2) is 5.75 Å². The normalized spacial score (nSPS) is 10.1. The molecule has 1 aromatic heterocycles. The fourth-order valence-electron chi connectivity index (χ4n) is 1.14. The van der Waals surface area contributed by atoms with Crippen LogP contribution in [0.15, 0.2) is 36.5 Å². The first kappa shape index (κ1) is 7.37. The number of nitrogens with zero attached hydrogens (tertiary/aromatic N) is 1. The summed E-state index contributed by atoms with van der Waals surface area (Å²) in [6.45, 7) is 0. The van der Waals surface area contributed by atoms with Crippen molar-refractivity contribution in [3.05, 3.63) is 36.5 Å². The Morgan fingerprint density at radius 3 is 2.83 bits per heavy atom. The predicted octanol–water partition coefficient (Wildman–Crippen LogP) is 2.77. The van der Waals surface area contributed by atoms with Crippen LogP contribution < -0.4 is 4.29 Å². The summed E-state index contributed by atoms with van der Waals surface area (Å²) in [7, 11) is 0. The van der Waals surface area contributed by atoms with Crippen LogP contribution in [0.2, 0.25) is 0 Å². The molecule has 60 valence electrons. The van der Waals surface area contributed by atoms with Crippen molar-refractivity contribution in [2.75, 3.05) is 0 Å². The highest BCUT2D eigenvalue weighted by Crippen LogP contribution is 2.23. The van der Waals surface area contributed by atoms with E-state index in [0.717, 1.165) is 10.9 Å². The first-order valence-corrected chi connectivity index (χ1v) is 3.85. The van der Waals surface area contributed by atoms with Crippen LogP contribution in [0.25, 0.3) is 10.9 Å². The summed E-state index contributed by atoms with van der Waals surface area (Å²) in [5.74, 6) is 0.592. The average molecular weight is 180 g/mol. The first-order valence-electron chi connectivity index (χ1n) is 3.54. The minimum atomic E-state index is 0.592. The molecule has 1 heterocycles. The van der Waals surface area contributed by atoms with Crippen molar-refractivity contribution in [3.8, 4) is 5.75 Å². The van der Waals surface area contributed by atoms with Gasteiger partial charge in [0.1, 0.15) is 17.4 Å². The smallest absolute Gasteiger partial charge is 0.172 e. The van der Waals surface area contributed by atoms with Crippen LogP contribution in [-0.4, -0.2) is 4.98 Å². The maximum Gasteiger partial charge on any atom is 0.172 e. The SMILES string of the molecule is ClOc1cccc2cccnc12. The lowest BCUT2D eigenvalue weighted by Crippen LogP contribution is -1.81. The van der Waals surface area contributed by atoms with E-state index in [1.165, 1.54) is 0 Å². The lowest BCUT2D eigenvalue weighted by molar-refractivity contribution is 0.625. The number of benzene rings is 1. The van der Waals surface area contributed by atoms with Gasteiger partial charge in [0.25, 0.3) is 0 Å². The molecule has 0 aliphatic carbocycles. The molecule has 0 amide bonds. The Hall–Kier alpha value is -1.28. The van der Waals surface area contributed by atoms with Crippen molar-refractivity contribution in [3.63, 3.8) is 0 Å². The molecule has 0 N–H and O–H groups in total. The van der Waals surface area contributed by atoms with E-state index in [1.807, 2.05) is 24.3 Å². The van der Waals surface area contributed by atoms with Crippen LogP contribution in [-0.2, 0) is 0 Å². The van der Waals surface area contributed by atoms with Crippen LogP contribution in [0.1, 0.15) is 0 Å². The van der Waals surface area contributed by atoms with Crippen LogP contribution in [0.4, 0.5) is 0 Å². The van der Waals surface area contributed by atoms with Crippen molar-refractivity contribution in [1.82, 2.24) is 4.98 Å². The third kappa shape index (κ3) is 1.10. The molecule has 2 aromatic rings. The molecular formula is C9H6ClNO.